The first-order valence-corrected chi connectivity index (χ1v) is 3.33. The Morgan fingerprint density at radius 3 is 2.00 bits per heavy atom. The highest BCUT2D eigenvalue weighted by atomic mass is 27.0. The van der Waals surface area contributed by atoms with Crippen LogP contribution in [-0.4, -0.2) is 28.6 Å². The minimum Gasteiger partial charge on any atom is -0.317 e. The number of rotatable bonds is 1. The lowest BCUT2D eigenvalue weighted by atomic mass is 9.96. The summed E-state index contributed by atoms with van der Waals surface area (Å²) in [5.41, 5.74) is 2.30. The Kier molecular flexibility index (Phi) is 5.52. The zero-order valence-corrected chi connectivity index (χ0v) is 5.06. The Labute approximate surface area is 66.7 Å². The number of hydrogen-bond donors (Lipinski definition) is 2. The molecule has 0 bridgehead atoms. The van der Waals surface area contributed by atoms with Gasteiger partial charge in [0, 0.05) is 6.04 Å². The van der Waals surface area contributed by atoms with Gasteiger partial charge in [0.1, 0.15) is 0 Å². The standard InChI is InChI=1S/C6H13NO.Al.3H/c8-7-6-4-2-1-3-5-6;;;;/h6-8H,1-5H2;;;;. The van der Waals surface area contributed by atoms with Crippen LogP contribution in [-0.2, 0) is 0 Å². The van der Waals surface area contributed by atoms with Gasteiger partial charge in [-0.1, -0.05) is 19.3 Å². The molecule has 0 radical (unpaired) electrons. The fourth-order valence-corrected chi connectivity index (χ4v) is 1.23. The minimum absolute atomic E-state index is 0. The molecule has 9 heavy (non-hydrogen) atoms. The van der Waals surface area contributed by atoms with Crippen LogP contribution in [0.3, 0.4) is 0 Å². The van der Waals surface area contributed by atoms with Crippen LogP contribution in [0.25, 0.3) is 0 Å². The average molecular weight is 145 g/mol. The van der Waals surface area contributed by atoms with Crippen LogP contribution in [0.4, 0.5) is 0 Å². The maximum absolute atomic E-state index is 8.44. The molecule has 0 aromatic rings. The van der Waals surface area contributed by atoms with Crippen LogP contribution >= 0.6 is 0 Å². The van der Waals surface area contributed by atoms with Crippen molar-refractivity contribution in [1.82, 2.24) is 5.48 Å². The minimum atomic E-state index is 0. The van der Waals surface area contributed by atoms with Crippen molar-refractivity contribution in [2.45, 2.75) is 38.1 Å². The molecule has 0 aromatic heterocycles. The van der Waals surface area contributed by atoms with Gasteiger partial charge in [0.15, 0.2) is 17.4 Å². The third kappa shape index (κ3) is 3.22. The van der Waals surface area contributed by atoms with Gasteiger partial charge >= 0.3 is 0 Å². The topological polar surface area (TPSA) is 32.3 Å². The van der Waals surface area contributed by atoms with E-state index in [1.54, 1.807) is 0 Å². The van der Waals surface area contributed by atoms with E-state index in [0.717, 1.165) is 12.8 Å². The van der Waals surface area contributed by atoms with Crippen molar-refractivity contribution in [2.24, 2.45) is 0 Å². The maximum Gasteiger partial charge on any atom is 0.187 e. The molecule has 0 saturated heterocycles. The number of nitrogens with one attached hydrogen (secondary N) is 1. The van der Waals surface area contributed by atoms with E-state index < -0.39 is 0 Å². The Morgan fingerprint density at radius 2 is 1.67 bits per heavy atom. The molecule has 0 unspecified atom stereocenters. The first-order chi connectivity index (χ1) is 3.93. The lowest BCUT2D eigenvalue weighted by Gasteiger charge is -2.18. The van der Waals surface area contributed by atoms with Gasteiger partial charge in [0.2, 0.25) is 0 Å². The van der Waals surface area contributed by atoms with Crippen molar-refractivity contribution in [1.29, 1.82) is 0 Å². The van der Waals surface area contributed by atoms with E-state index in [-0.39, 0.29) is 17.4 Å². The summed E-state index contributed by atoms with van der Waals surface area (Å²) < 4.78 is 0. The molecule has 2 N–H and O–H groups in total. The Bertz CT molecular complexity index is 64.1. The molecular formula is C6H16AlNO. The van der Waals surface area contributed by atoms with Gasteiger partial charge in [-0.15, -0.1) is 0 Å². The van der Waals surface area contributed by atoms with Crippen LogP contribution in [0, 0.1) is 0 Å². The summed E-state index contributed by atoms with van der Waals surface area (Å²) in [7, 11) is 0. The highest BCUT2D eigenvalue weighted by molar-refractivity contribution is 5.75. The Morgan fingerprint density at radius 1 is 1.11 bits per heavy atom. The van der Waals surface area contributed by atoms with E-state index >= 15 is 0 Å². The number of hydroxylamine groups is 1. The lowest BCUT2D eigenvalue weighted by molar-refractivity contribution is 0.107. The zero-order valence-electron chi connectivity index (χ0n) is 5.06. The smallest absolute Gasteiger partial charge is 0.187 e. The number of hydrogen-bond acceptors (Lipinski definition) is 2. The normalized spacial score (nSPS) is 21.0. The van der Waals surface area contributed by atoms with E-state index in [4.69, 9.17) is 5.21 Å². The molecule has 0 heterocycles. The van der Waals surface area contributed by atoms with Crippen molar-refractivity contribution in [2.75, 3.05) is 0 Å². The molecule has 0 amide bonds. The zero-order chi connectivity index (χ0) is 5.82. The SMILES string of the molecule is ONC1CCCCC1.[AlH3]. The van der Waals surface area contributed by atoms with Crippen LogP contribution in [0.1, 0.15) is 32.1 Å². The van der Waals surface area contributed by atoms with Crippen LogP contribution in [0.2, 0.25) is 0 Å². The van der Waals surface area contributed by atoms with Crippen LogP contribution in [0.5, 0.6) is 0 Å². The van der Waals surface area contributed by atoms with Gasteiger partial charge in [-0.25, -0.2) is 5.48 Å². The van der Waals surface area contributed by atoms with Crippen molar-refractivity contribution in [3.05, 3.63) is 0 Å². The summed E-state index contributed by atoms with van der Waals surface area (Å²) in [5.74, 6) is 0. The third-order valence-corrected chi connectivity index (χ3v) is 1.79. The van der Waals surface area contributed by atoms with Crippen LogP contribution < -0.4 is 5.48 Å². The van der Waals surface area contributed by atoms with Gasteiger partial charge in [0.05, 0.1) is 0 Å². The second-order valence-corrected chi connectivity index (χ2v) is 2.46. The molecule has 1 aliphatic rings. The third-order valence-electron chi connectivity index (χ3n) is 1.79. The maximum atomic E-state index is 8.44. The molecule has 0 aliphatic heterocycles. The van der Waals surface area contributed by atoms with Gasteiger partial charge in [-0.05, 0) is 12.8 Å². The molecule has 2 nitrogen and oxygen atoms in total. The van der Waals surface area contributed by atoms with Crippen molar-refractivity contribution >= 4 is 17.4 Å². The highest BCUT2D eigenvalue weighted by Crippen LogP contribution is 2.16. The second-order valence-electron chi connectivity index (χ2n) is 2.46. The molecule has 0 aromatic carbocycles. The van der Waals surface area contributed by atoms with Crippen molar-refractivity contribution in [3.8, 4) is 0 Å². The molecule has 0 atom stereocenters. The first-order valence-electron chi connectivity index (χ1n) is 3.33. The molecule has 1 aliphatic carbocycles. The van der Waals surface area contributed by atoms with E-state index in [1.165, 1.54) is 19.3 Å². The van der Waals surface area contributed by atoms with Gasteiger partial charge in [0.25, 0.3) is 0 Å². The fraction of sp³-hybridized carbons (Fsp3) is 1.00. The molecule has 3 heteroatoms. The molecule has 1 rings (SSSR count). The van der Waals surface area contributed by atoms with E-state index in [1.807, 2.05) is 0 Å². The molecule has 0 spiro atoms. The Balaban J connectivity index is 0.000000640. The highest BCUT2D eigenvalue weighted by Gasteiger charge is 2.10. The molecular weight excluding hydrogens is 129 g/mol. The fourth-order valence-electron chi connectivity index (χ4n) is 1.23. The average Bonchev–Trinajstić information content (AvgIpc) is 1.90. The van der Waals surface area contributed by atoms with Crippen molar-refractivity contribution < 1.29 is 5.21 Å². The largest absolute Gasteiger partial charge is 0.317 e. The summed E-state index contributed by atoms with van der Waals surface area (Å²) in [6.07, 6.45) is 6.20. The van der Waals surface area contributed by atoms with Crippen molar-refractivity contribution in [3.63, 3.8) is 0 Å². The first kappa shape index (κ1) is 9.45. The van der Waals surface area contributed by atoms with E-state index in [2.05, 4.69) is 5.48 Å². The second kappa shape index (κ2) is 5.25. The molecule has 54 valence electrons. The summed E-state index contributed by atoms with van der Waals surface area (Å²) in [6.45, 7) is 0. The van der Waals surface area contributed by atoms with Gasteiger partial charge < -0.3 is 5.21 Å². The summed E-state index contributed by atoms with van der Waals surface area (Å²) >= 11 is 0. The van der Waals surface area contributed by atoms with Gasteiger partial charge in [-0.3, -0.25) is 0 Å². The summed E-state index contributed by atoms with van der Waals surface area (Å²) in [5, 5.41) is 8.44. The van der Waals surface area contributed by atoms with E-state index in [9.17, 15) is 0 Å². The predicted molar refractivity (Wildman–Crippen MR) is 41.7 cm³/mol. The van der Waals surface area contributed by atoms with E-state index in [0.29, 0.717) is 6.04 Å². The van der Waals surface area contributed by atoms with Crippen LogP contribution in [0.15, 0.2) is 0 Å². The quantitative estimate of drug-likeness (QED) is 0.405. The molecule has 1 fully saturated rings. The summed E-state index contributed by atoms with van der Waals surface area (Å²) in [6, 6.07) is 0.392. The molecule has 1 saturated carbocycles. The lowest BCUT2D eigenvalue weighted by Crippen LogP contribution is -2.27. The van der Waals surface area contributed by atoms with Gasteiger partial charge in [-0.2, -0.15) is 0 Å². The predicted octanol–water partition coefficient (Wildman–Crippen LogP) is 0.114. The Hall–Kier alpha value is 0.452. The summed E-state index contributed by atoms with van der Waals surface area (Å²) in [4.78, 5) is 0. The monoisotopic (exact) mass is 145 g/mol.